The first-order valence-electron chi connectivity index (χ1n) is 40.4. The Balaban J connectivity index is 5.27. The molecule has 3 N–H and O–H groups in total. The van der Waals surface area contributed by atoms with Crippen LogP contribution in [0.4, 0.5) is 0 Å². The zero-order chi connectivity index (χ0) is 72.5. The average Bonchev–Trinajstić information content (AvgIpc) is 1.15. The van der Waals surface area contributed by atoms with Crippen molar-refractivity contribution in [2.45, 2.75) is 399 Å². The van der Waals surface area contributed by atoms with Crippen molar-refractivity contribution in [1.29, 1.82) is 0 Å². The minimum absolute atomic E-state index is 0.0831. The number of carbonyl (C=O) groups is 4. The Morgan fingerprint density at radius 2 is 0.485 bits per heavy atom. The number of aliphatic hydroxyl groups excluding tert-OH is 1. The Hall–Kier alpha value is -2.98. The molecule has 0 aromatic rings. The highest BCUT2D eigenvalue weighted by atomic mass is 31.2. The first-order chi connectivity index (χ1) is 48.2. The van der Waals surface area contributed by atoms with Gasteiger partial charge >= 0.3 is 39.5 Å². The van der Waals surface area contributed by atoms with Crippen molar-refractivity contribution < 1.29 is 80.2 Å². The van der Waals surface area contributed by atoms with Crippen LogP contribution < -0.4 is 0 Å². The predicted octanol–water partition coefficient (Wildman–Crippen LogP) is 23.3. The maximum absolute atomic E-state index is 13.1. The Morgan fingerprint density at radius 3 is 0.737 bits per heavy atom. The van der Waals surface area contributed by atoms with Gasteiger partial charge in [0.15, 0.2) is 12.2 Å². The summed E-state index contributed by atoms with van der Waals surface area (Å²) >= 11 is 0. The average molecular weight is 1440 g/mol. The third-order valence-corrected chi connectivity index (χ3v) is 19.5. The number of hydrogen-bond acceptors (Lipinski definition) is 15. The Labute approximate surface area is 604 Å². The van der Waals surface area contributed by atoms with Gasteiger partial charge in [0.05, 0.1) is 26.4 Å². The number of ether oxygens (including phenoxy) is 4. The minimum atomic E-state index is -4.97. The molecule has 0 aromatic carbocycles. The summed E-state index contributed by atoms with van der Waals surface area (Å²) in [6.45, 7) is 4.86. The van der Waals surface area contributed by atoms with Gasteiger partial charge in [-0.25, -0.2) is 9.13 Å². The second-order valence-electron chi connectivity index (χ2n) is 27.4. The number of unbranched alkanes of at least 4 members (excludes halogenated alkanes) is 45. The van der Waals surface area contributed by atoms with E-state index in [1.807, 2.05) is 0 Å². The lowest BCUT2D eigenvalue weighted by Crippen LogP contribution is -2.30. The molecule has 0 aliphatic rings. The van der Waals surface area contributed by atoms with Gasteiger partial charge in [0, 0.05) is 25.7 Å². The smallest absolute Gasteiger partial charge is 0.462 e. The van der Waals surface area contributed by atoms with Gasteiger partial charge in [0.2, 0.25) is 0 Å². The van der Waals surface area contributed by atoms with E-state index in [1.54, 1.807) is 0 Å². The van der Waals surface area contributed by atoms with Crippen LogP contribution in [0, 0.1) is 0 Å². The maximum atomic E-state index is 13.1. The highest BCUT2D eigenvalue weighted by molar-refractivity contribution is 7.47. The number of esters is 4. The summed E-state index contributed by atoms with van der Waals surface area (Å²) in [5.74, 6) is -2.17. The van der Waals surface area contributed by atoms with Gasteiger partial charge in [-0.15, -0.1) is 0 Å². The van der Waals surface area contributed by atoms with Crippen LogP contribution in [0.1, 0.15) is 381 Å². The molecule has 0 bridgehead atoms. The quantitative estimate of drug-likeness (QED) is 0.0169. The van der Waals surface area contributed by atoms with Crippen molar-refractivity contribution >= 4 is 39.5 Å². The molecule has 0 saturated heterocycles. The molecule has 0 amide bonds. The lowest BCUT2D eigenvalue weighted by atomic mass is 10.0. The number of carbonyl (C=O) groups excluding carboxylic acids is 4. The second-order valence-corrected chi connectivity index (χ2v) is 30.3. The number of aliphatic hydroxyl groups is 1. The standard InChI is InChI=1S/C80H148O17P2/c1-5-9-13-17-21-25-28-31-34-35-36-37-38-41-44-47-51-55-59-63-67-80(85)97-76(71-91-78(83)65-61-57-53-49-45-42-39-32-29-26-22-18-14-10-6-2)73-95-99(88,89)93-69-74(81)68-92-98(86,87)94-72-75(70-90-77(82)64-60-56-52-48-24-20-16-12-8-4)96-79(84)66-62-58-54-50-46-43-40-33-30-27-23-19-15-11-7-3/h26-27,29-30,32-33,39-40,74-76,81H,5-25,28,31,34-38,41-73H2,1-4H3,(H,86,87)(H,88,89)/b29-26-,30-27-,39-32-,40-33-/t74-,75+,76+/m0/s1. The lowest BCUT2D eigenvalue weighted by Gasteiger charge is -2.21. The molecule has 0 saturated carbocycles. The maximum Gasteiger partial charge on any atom is 0.472 e. The first kappa shape index (κ1) is 96.0. The van der Waals surface area contributed by atoms with Crippen LogP contribution in [0.5, 0.6) is 0 Å². The second kappa shape index (κ2) is 73.3. The van der Waals surface area contributed by atoms with E-state index < -0.39 is 97.5 Å². The van der Waals surface area contributed by atoms with Crippen LogP contribution in [0.15, 0.2) is 48.6 Å². The molecular weight excluding hydrogens is 1290 g/mol. The predicted molar refractivity (Wildman–Crippen MR) is 404 cm³/mol. The van der Waals surface area contributed by atoms with Crippen LogP contribution in [0.25, 0.3) is 0 Å². The van der Waals surface area contributed by atoms with E-state index in [0.717, 1.165) is 122 Å². The topological polar surface area (TPSA) is 237 Å². The van der Waals surface area contributed by atoms with E-state index in [2.05, 4.69) is 76.3 Å². The van der Waals surface area contributed by atoms with Crippen molar-refractivity contribution in [2.24, 2.45) is 0 Å². The highest BCUT2D eigenvalue weighted by Gasteiger charge is 2.30. The van der Waals surface area contributed by atoms with Crippen LogP contribution >= 0.6 is 15.6 Å². The molecule has 5 atom stereocenters. The molecule has 99 heavy (non-hydrogen) atoms. The van der Waals surface area contributed by atoms with E-state index in [4.69, 9.17) is 37.0 Å². The number of phosphoric ester groups is 2. The largest absolute Gasteiger partial charge is 0.472 e. The first-order valence-corrected chi connectivity index (χ1v) is 43.4. The van der Waals surface area contributed by atoms with Gasteiger partial charge in [-0.1, -0.05) is 327 Å². The van der Waals surface area contributed by atoms with Crippen molar-refractivity contribution in [3.63, 3.8) is 0 Å². The van der Waals surface area contributed by atoms with Crippen molar-refractivity contribution in [1.82, 2.24) is 0 Å². The zero-order valence-corrected chi connectivity index (χ0v) is 65.2. The Morgan fingerprint density at radius 1 is 0.283 bits per heavy atom. The minimum Gasteiger partial charge on any atom is -0.462 e. The Kier molecular flexibility index (Phi) is 71.1. The molecule has 2 unspecified atom stereocenters. The molecule has 0 rings (SSSR count). The molecule has 0 heterocycles. The third kappa shape index (κ3) is 73.1. The lowest BCUT2D eigenvalue weighted by molar-refractivity contribution is -0.161. The molecule has 19 heteroatoms. The summed E-state index contributed by atoms with van der Waals surface area (Å²) < 4.78 is 68.5. The number of allylic oxidation sites excluding steroid dienone is 8. The molecule has 0 fully saturated rings. The summed E-state index contributed by atoms with van der Waals surface area (Å²) in [4.78, 5) is 72.9. The van der Waals surface area contributed by atoms with E-state index in [1.165, 1.54) is 180 Å². The molecular formula is C80H148O17P2. The molecule has 0 radical (unpaired) electrons. The summed E-state index contributed by atoms with van der Waals surface area (Å²) in [6.07, 6.45) is 71.0. The van der Waals surface area contributed by atoms with Crippen LogP contribution in [0.3, 0.4) is 0 Å². The number of hydrogen-bond donors (Lipinski definition) is 3. The Bertz CT molecular complexity index is 2070. The summed E-state index contributed by atoms with van der Waals surface area (Å²) in [5.41, 5.74) is 0. The molecule has 0 aliphatic heterocycles. The molecule has 0 aromatic heterocycles. The highest BCUT2D eigenvalue weighted by Crippen LogP contribution is 2.45. The fourth-order valence-electron chi connectivity index (χ4n) is 11.4. The van der Waals surface area contributed by atoms with Gasteiger partial charge in [-0.05, 0) is 77.0 Å². The summed E-state index contributed by atoms with van der Waals surface area (Å²) in [6, 6.07) is 0. The number of phosphoric acid groups is 2. The van der Waals surface area contributed by atoms with Gasteiger partial charge in [0.1, 0.15) is 19.3 Å². The van der Waals surface area contributed by atoms with E-state index >= 15 is 0 Å². The SMILES string of the molecule is CCCCCC/C=C\C=C/CCCCCCCC(=O)OC[C@H](COP(=O)(O)OC[C@@H](O)COP(=O)(O)OC[C@@H](COC(=O)CCCCCCCCCCC)OC(=O)CCCCCCC/C=C\C=C/CCCCCC)OC(=O)CCCCCCCCCCCCCCCCCCCCCC. The third-order valence-electron chi connectivity index (χ3n) is 17.6. The molecule has 17 nitrogen and oxygen atoms in total. The van der Waals surface area contributed by atoms with Crippen LogP contribution in [0.2, 0.25) is 0 Å². The normalized spacial score (nSPS) is 14.1. The van der Waals surface area contributed by atoms with E-state index in [9.17, 15) is 43.2 Å². The fraction of sp³-hybridized carbons (Fsp3) is 0.850. The fourth-order valence-corrected chi connectivity index (χ4v) is 13.0. The van der Waals surface area contributed by atoms with Gasteiger partial charge in [-0.3, -0.25) is 37.3 Å². The monoisotopic (exact) mass is 1440 g/mol. The van der Waals surface area contributed by atoms with Gasteiger partial charge in [0.25, 0.3) is 0 Å². The van der Waals surface area contributed by atoms with E-state index in [0.29, 0.717) is 25.7 Å². The van der Waals surface area contributed by atoms with Crippen molar-refractivity contribution in [3.05, 3.63) is 48.6 Å². The van der Waals surface area contributed by atoms with Crippen LogP contribution in [-0.4, -0.2) is 96.7 Å². The number of rotatable bonds is 77. The van der Waals surface area contributed by atoms with Crippen molar-refractivity contribution in [2.75, 3.05) is 39.6 Å². The van der Waals surface area contributed by atoms with Crippen molar-refractivity contribution in [3.8, 4) is 0 Å². The van der Waals surface area contributed by atoms with Crippen LogP contribution in [-0.2, 0) is 65.4 Å². The zero-order valence-electron chi connectivity index (χ0n) is 63.4. The summed E-state index contributed by atoms with van der Waals surface area (Å²) in [5, 5.41) is 10.6. The molecule has 0 spiro atoms. The molecule has 580 valence electrons. The molecule has 0 aliphatic carbocycles. The van der Waals surface area contributed by atoms with Gasteiger partial charge in [-0.2, -0.15) is 0 Å². The van der Waals surface area contributed by atoms with E-state index in [-0.39, 0.29) is 25.7 Å². The summed E-state index contributed by atoms with van der Waals surface area (Å²) in [7, 11) is -9.94. The van der Waals surface area contributed by atoms with Gasteiger partial charge < -0.3 is 33.8 Å².